The quantitative estimate of drug-likeness (QED) is 0.648. The second-order valence-corrected chi connectivity index (χ2v) is 9.03. The van der Waals surface area contributed by atoms with E-state index in [2.05, 4.69) is 32.3 Å². The molecule has 0 radical (unpaired) electrons. The zero-order chi connectivity index (χ0) is 22.3. The third-order valence-corrected chi connectivity index (χ3v) is 7.25. The number of nitrogens with zero attached hydrogens (tertiary/aromatic N) is 7. The van der Waals surface area contributed by atoms with Crippen LogP contribution in [0.15, 0.2) is 35.9 Å². The number of amides is 1. The number of carbonyl (C=O) groups is 2. The van der Waals surface area contributed by atoms with Gasteiger partial charge in [-0.3, -0.25) is 9.69 Å². The maximum atomic E-state index is 13.3. The van der Waals surface area contributed by atoms with Gasteiger partial charge in [0.15, 0.2) is 12.1 Å². The molecule has 2 fully saturated rings. The molecule has 5 rings (SSSR count). The molecule has 2 aromatic heterocycles. The minimum absolute atomic E-state index is 0.174. The molecule has 3 aliphatic rings. The highest BCUT2D eigenvalue weighted by atomic mass is 16.5. The molecular formula is C22H27N7O3. The Morgan fingerprint density at radius 1 is 1.22 bits per heavy atom. The van der Waals surface area contributed by atoms with E-state index in [0.29, 0.717) is 24.0 Å². The van der Waals surface area contributed by atoms with Crippen molar-refractivity contribution < 1.29 is 14.3 Å². The summed E-state index contributed by atoms with van der Waals surface area (Å²) in [5.41, 5.74) is 2.16. The Balaban J connectivity index is 1.18. The zero-order valence-corrected chi connectivity index (χ0v) is 18.4. The number of aromatic nitrogens is 5. The van der Waals surface area contributed by atoms with E-state index < -0.39 is 0 Å². The Bertz CT molecular complexity index is 1040. The molecule has 10 heteroatoms. The molecule has 2 aliphatic heterocycles. The lowest BCUT2D eigenvalue weighted by Gasteiger charge is -2.39. The highest BCUT2D eigenvalue weighted by Crippen LogP contribution is 2.47. The number of likely N-dealkylation sites (tertiary alicyclic amines) is 1. The van der Waals surface area contributed by atoms with Gasteiger partial charge in [-0.2, -0.15) is 0 Å². The Hall–Kier alpha value is -3.14. The molecule has 0 atom stereocenters. The number of rotatable bonds is 5. The van der Waals surface area contributed by atoms with Crippen molar-refractivity contribution in [3.8, 4) is 5.82 Å². The number of pyridine rings is 1. The Labute approximate surface area is 186 Å². The first-order valence-corrected chi connectivity index (χ1v) is 11.0. The summed E-state index contributed by atoms with van der Waals surface area (Å²) in [6.45, 7) is 3.44. The van der Waals surface area contributed by atoms with Crippen molar-refractivity contribution in [1.82, 2.24) is 35.0 Å². The summed E-state index contributed by atoms with van der Waals surface area (Å²) < 4.78 is 5.12. The van der Waals surface area contributed by atoms with Gasteiger partial charge >= 0.3 is 5.97 Å². The molecule has 1 aliphatic carbocycles. The van der Waals surface area contributed by atoms with Crippen molar-refractivity contribution in [2.45, 2.75) is 51.6 Å². The smallest absolute Gasteiger partial charge is 0.336 e. The van der Waals surface area contributed by atoms with Gasteiger partial charge in [-0.1, -0.05) is 6.07 Å². The first-order chi connectivity index (χ1) is 15.5. The SMILES string of the molecule is CC1=C(N2CCC3(CCC(N(C)Cc4ccc(-n5ncnn5)nc4)CC3)C2=O)COC1=O. The summed E-state index contributed by atoms with van der Waals surface area (Å²) in [5.74, 6) is 0.504. The zero-order valence-electron chi connectivity index (χ0n) is 18.4. The van der Waals surface area contributed by atoms with Crippen molar-refractivity contribution in [2.75, 3.05) is 20.2 Å². The lowest BCUT2D eigenvalue weighted by atomic mass is 9.71. The fraction of sp³-hybridized carbons (Fsp3) is 0.545. The summed E-state index contributed by atoms with van der Waals surface area (Å²) >= 11 is 0. The van der Waals surface area contributed by atoms with Gasteiger partial charge in [0.05, 0.1) is 16.7 Å². The second kappa shape index (κ2) is 8.09. The van der Waals surface area contributed by atoms with E-state index in [0.717, 1.165) is 49.9 Å². The number of hydrogen-bond acceptors (Lipinski definition) is 8. The minimum atomic E-state index is -0.306. The van der Waals surface area contributed by atoms with Crippen molar-refractivity contribution in [3.63, 3.8) is 0 Å². The van der Waals surface area contributed by atoms with Crippen LogP contribution in [0.25, 0.3) is 5.82 Å². The Morgan fingerprint density at radius 3 is 2.66 bits per heavy atom. The molecule has 1 amide bonds. The average molecular weight is 438 g/mol. The van der Waals surface area contributed by atoms with Crippen LogP contribution in [0.2, 0.25) is 0 Å². The van der Waals surface area contributed by atoms with E-state index in [1.165, 1.54) is 11.1 Å². The molecular weight excluding hydrogens is 410 g/mol. The van der Waals surface area contributed by atoms with Crippen LogP contribution in [0.4, 0.5) is 0 Å². The van der Waals surface area contributed by atoms with E-state index in [1.807, 2.05) is 23.2 Å². The summed E-state index contributed by atoms with van der Waals surface area (Å²) in [6.07, 6.45) is 7.82. The number of esters is 1. The van der Waals surface area contributed by atoms with E-state index in [-0.39, 0.29) is 23.9 Å². The largest absolute Gasteiger partial charge is 0.456 e. The number of hydrogen-bond donors (Lipinski definition) is 0. The molecule has 168 valence electrons. The van der Waals surface area contributed by atoms with Gasteiger partial charge in [-0.25, -0.2) is 9.78 Å². The van der Waals surface area contributed by atoms with E-state index in [9.17, 15) is 9.59 Å². The molecule has 0 bridgehead atoms. The third kappa shape index (κ3) is 3.58. The van der Waals surface area contributed by atoms with Gasteiger partial charge in [-0.15, -0.1) is 15.0 Å². The van der Waals surface area contributed by atoms with E-state index >= 15 is 0 Å². The van der Waals surface area contributed by atoms with Crippen LogP contribution in [0, 0.1) is 5.41 Å². The van der Waals surface area contributed by atoms with Crippen LogP contribution in [0.3, 0.4) is 0 Å². The number of ether oxygens (including phenoxy) is 1. The molecule has 1 saturated carbocycles. The molecule has 2 aromatic rings. The van der Waals surface area contributed by atoms with Gasteiger partial charge in [0.25, 0.3) is 0 Å². The van der Waals surface area contributed by atoms with Crippen molar-refractivity contribution in [1.29, 1.82) is 0 Å². The molecule has 0 N–H and O–H groups in total. The Morgan fingerprint density at radius 2 is 2.03 bits per heavy atom. The van der Waals surface area contributed by atoms with Crippen LogP contribution >= 0.6 is 0 Å². The van der Waals surface area contributed by atoms with Gasteiger partial charge in [0, 0.05) is 25.3 Å². The average Bonchev–Trinajstić information content (AvgIpc) is 3.52. The third-order valence-electron chi connectivity index (χ3n) is 7.25. The van der Waals surface area contributed by atoms with Gasteiger partial charge in [0.1, 0.15) is 6.61 Å². The molecule has 10 nitrogen and oxygen atoms in total. The molecule has 0 unspecified atom stereocenters. The predicted molar refractivity (Wildman–Crippen MR) is 113 cm³/mol. The van der Waals surface area contributed by atoms with Gasteiger partial charge in [-0.05, 0) is 62.9 Å². The van der Waals surface area contributed by atoms with Crippen LogP contribution in [-0.2, 0) is 20.9 Å². The number of carbonyl (C=O) groups excluding carboxylic acids is 2. The second-order valence-electron chi connectivity index (χ2n) is 9.03. The van der Waals surface area contributed by atoms with Crippen LogP contribution in [-0.4, -0.2) is 73.1 Å². The maximum absolute atomic E-state index is 13.3. The van der Waals surface area contributed by atoms with Crippen LogP contribution < -0.4 is 0 Å². The Kier molecular flexibility index (Phi) is 5.24. The number of tetrazole rings is 1. The fourth-order valence-corrected chi connectivity index (χ4v) is 5.20. The standard InChI is InChI=1S/C22H27N7O3/c1-15-18(13-32-20(15)30)28-10-9-22(21(28)31)7-5-17(6-8-22)27(2)12-16-3-4-19(23-11-16)29-25-14-24-26-29/h3-4,11,14,17H,5-10,12-13H2,1-2H3. The highest BCUT2D eigenvalue weighted by molar-refractivity contribution is 5.94. The molecule has 4 heterocycles. The van der Waals surface area contributed by atoms with E-state index in [4.69, 9.17) is 4.74 Å². The topological polar surface area (TPSA) is 106 Å². The van der Waals surface area contributed by atoms with Crippen LogP contribution in [0.1, 0.15) is 44.6 Å². The summed E-state index contributed by atoms with van der Waals surface area (Å²) in [4.78, 5) is 35.0. The first-order valence-electron chi connectivity index (χ1n) is 11.0. The van der Waals surface area contributed by atoms with Gasteiger partial charge in [0.2, 0.25) is 5.91 Å². The minimum Gasteiger partial charge on any atom is -0.456 e. The van der Waals surface area contributed by atoms with Crippen molar-refractivity contribution in [2.24, 2.45) is 5.41 Å². The highest BCUT2D eigenvalue weighted by Gasteiger charge is 2.50. The van der Waals surface area contributed by atoms with Gasteiger partial charge < -0.3 is 9.64 Å². The van der Waals surface area contributed by atoms with Crippen molar-refractivity contribution >= 4 is 11.9 Å². The number of cyclic esters (lactones) is 1. The first kappa shape index (κ1) is 20.7. The lowest BCUT2D eigenvalue weighted by Crippen LogP contribution is -2.42. The summed E-state index contributed by atoms with van der Waals surface area (Å²) in [6, 6.07) is 4.35. The summed E-state index contributed by atoms with van der Waals surface area (Å²) in [5, 5.41) is 11.6. The lowest BCUT2D eigenvalue weighted by molar-refractivity contribution is -0.138. The summed E-state index contributed by atoms with van der Waals surface area (Å²) in [7, 11) is 2.13. The fourth-order valence-electron chi connectivity index (χ4n) is 5.20. The van der Waals surface area contributed by atoms with E-state index in [1.54, 1.807) is 6.92 Å². The molecule has 1 saturated heterocycles. The maximum Gasteiger partial charge on any atom is 0.336 e. The molecule has 0 aromatic carbocycles. The predicted octanol–water partition coefficient (Wildman–Crippen LogP) is 1.48. The molecule has 32 heavy (non-hydrogen) atoms. The molecule has 1 spiro atoms. The van der Waals surface area contributed by atoms with Crippen LogP contribution in [0.5, 0.6) is 0 Å². The monoisotopic (exact) mass is 437 g/mol. The normalized spacial score (nSPS) is 26.0. The van der Waals surface area contributed by atoms with Crippen molar-refractivity contribution in [3.05, 3.63) is 41.5 Å².